The number of fused-ring (bicyclic) bond motifs is 1. The fraction of sp³-hybridized carbons (Fsp3) is 0.0345. The molecule has 8 nitrogen and oxygen atoms in total. The van der Waals surface area contributed by atoms with Crippen molar-refractivity contribution in [3.05, 3.63) is 115 Å². The average Bonchev–Trinajstić information content (AvgIpc) is 3.36. The molecule has 0 amide bonds. The Kier molecular flexibility index (Phi) is 6.43. The van der Waals surface area contributed by atoms with Crippen molar-refractivity contribution in [2.75, 3.05) is 5.73 Å². The number of rotatable bonds is 7. The second-order valence-electron chi connectivity index (χ2n) is 8.58. The monoisotopic (exact) mass is 517 g/mol. The van der Waals surface area contributed by atoms with Crippen molar-refractivity contribution in [3.63, 3.8) is 0 Å². The number of anilines is 1. The molecule has 4 heterocycles. The lowest BCUT2D eigenvalue weighted by atomic mass is 10.1. The van der Waals surface area contributed by atoms with Crippen LogP contribution in [0.2, 0.25) is 0 Å². The molecule has 6 aromatic rings. The maximum absolute atomic E-state index is 12.5. The number of aromatic nitrogens is 5. The van der Waals surface area contributed by atoms with E-state index >= 15 is 0 Å². The zero-order chi connectivity index (χ0) is 25.9. The van der Waals surface area contributed by atoms with Gasteiger partial charge in [-0.05, 0) is 54.1 Å². The third-order valence-corrected chi connectivity index (χ3v) is 7.24. The molecule has 0 bridgehead atoms. The van der Waals surface area contributed by atoms with Gasteiger partial charge in [0.25, 0.3) is 0 Å². The van der Waals surface area contributed by atoms with Crippen molar-refractivity contribution in [3.8, 4) is 28.2 Å². The number of benzene rings is 2. The zero-order valence-electron chi connectivity index (χ0n) is 20.2. The Morgan fingerprint density at radius 3 is 2.42 bits per heavy atom. The molecular formula is C29H23N7OS. The van der Waals surface area contributed by atoms with Crippen molar-refractivity contribution in [1.82, 2.24) is 29.2 Å². The van der Waals surface area contributed by atoms with Gasteiger partial charge in [-0.15, -0.1) is 0 Å². The summed E-state index contributed by atoms with van der Waals surface area (Å²) in [6.07, 6.45) is 7.03. The quantitative estimate of drug-likeness (QED) is 0.310. The lowest BCUT2D eigenvalue weighted by Crippen LogP contribution is -2.16. The van der Waals surface area contributed by atoms with Gasteiger partial charge in [-0.25, -0.2) is 23.9 Å². The van der Waals surface area contributed by atoms with Gasteiger partial charge < -0.3 is 5.73 Å². The van der Waals surface area contributed by atoms with Gasteiger partial charge in [-0.3, -0.25) is 9.55 Å². The predicted molar refractivity (Wildman–Crippen MR) is 149 cm³/mol. The van der Waals surface area contributed by atoms with Crippen LogP contribution < -0.4 is 10.5 Å². The Bertz CT molecular complexity index is 1740. The Labute approximate surface area is 221 Å². The SMILES string of the molecule is Nc1ncccc1-c1nc2cc(-c3cccnc3)cnc2n1-c1ccc(CNS(=O)c2ccccc2)cc1. The highest BCUT2D eigenvalue weighted by molar-refractivity contribution is 7.83. The molecule has 6 rings (SSSR count). The molecule has 1 unspecified atom stereocenters. The van der Waals surface area contributed by atoms with E-state index in [4.69, 9.17) is 15.7 Å². The van der Waals surface area contributed by atoms with Crippen LogP contribution >= 0.6 is 0 Å². The maximum Gasteiger partial charge on any atom is 0.164 e. The van der Waals surface area contributed by atoms with Gasteiger partial charge in [0.15, 0.2) is 11.5 Å². The Balaban J connectivity index is 1.37. The smallest absolute Gasteiger partial charge is 0.164 e. The van der Waals surface area contributed by atoms with Crippen molar-refractivity contribution in [2.24, 2.45) is 0 Å². The summed E-state index contributed by atoms with van der Waals surface area (Å²) in [4.78, 5) is 18.9. The molecule has 0 saturated carbocycles. The number of nitrogens with zero attached hydrogens (tertiary/aromatic N) is 5. The Morgan fingerprint density at radius 1 is 0.842 bits per heavy atom. The summed E-state index contributed by atoms with van der Waals surface area (Å²) < 4.78 is 17.6. The first-order chi connectivity index (χ1) is 18.7. The summed E-state index contributed by atoms with van der Waals surface area (Å²) in [6, 6.07) is 27.0. The van der Waals surface area contributed by atoms with E-state index < -0.39 is 11.0 Å². The number of nitrogens with one attached hydrogen (secondary N) is 1. The lowest BCUT2D eigenvalue weighted by molar-refractivity contribution is 0.672. The highest BCUT2D eigenvalue weighted by atomic mass is 32.2. The standard InChI is InChI=1S/C29H23N7OS/c30-27-25(9-5-15-32-27)28-35-26-16-22(21-6-4-14-31-18-21)19-33-29(26)36(28)23-12-10-20(11-13-23)17-34-38(37)24-7-2-1-3-8-24/h1-16,18-19,34H,17H2,(H2,30,32). The molecule has 9 heteroatoms. The van der Waals surface area contributed by atoms with Gasteiger partial charge in [0.05, 0.1) is 10.5 Å². The molecule has 1 atom stereocenters. The van der Waals surface area contributed by atoms with Crippen LogP contribution in [0.5, 0.6) is 0 Å². The lowest BCUT2D eigenvalue weighted by Gasteiger charge is -2.11. The van der Waals surface area contributed by atoms with Crippen LogP contribution in [-0.2, 0) is 17.5 Å². The van der Waals surface area contributed by atoms with Crippen LogP contribution in [0, 0.1) is 0 Å². The number of hydrogen-bond donors (Lipinski definition) is 2. The number of nitrogen functional groups attached to an aromatic ring is 1. The minimum atomic E-state index is -1.29. The topological polar surface area (TPSA) is 112 Å². The summed E-state index contributed by atoms with van der Waals surface area (Å²) in [6.45, 7) is 0.460. The molecule has 186 valence electrons. The minimum absolute atomic E-state index is 0.390. The van der Waals surface area contributed by atoms with Gasteiger partial charge in [0.1, 0.15) is 22.3 Å². The van der Waals surface area contributed by atoms with Crippen LogP contribution in [0.25, 0.3) is 39.4 Å². The van der Waals surface area contributed by atoms with Crippen molar-refractivity contribution in [1.29, 1.82) is 0 Å². The number of pyridine rings is 3. The summed E-state index contributed by atoms with van der Waals surface area (Å²) in [5.74, 6) is 1.04. The van der Waals surface area contributed by atoms with Crippen LogP contribution in [0.1, 0.15) is 5.56 Å². The van der Waals surface area contributed by atoms with Gasteiger partial charge in [-0.1, -0.05) is 36.4 Å². The molecule has 0 aliphatic heterocycles. The first-order valence-corrected chi connectivity index (χ1v) is 13.1. The van der Waals surface area contributed by atoms with Crippen molar-refractivity contribution in [2.45, 2.75) is 11.4 Å². The minimum Gasteiger partial charge on any atom is -0.383 e. The summed E-state index contributed by atoms with van der Waals surface area (Å²) in [7, 11) is -1.29. The molecule has 0 aliphatic rings. The molecule has 0 fully saturated rings. The number of imidazole rings is 1. The molecule has 4 aromatic heterocycles. The summed E-state index contributed by atoms with van der Waals surface area (Å²) >= 11 is 0. The largest absolute Gasteiger partial charge is 0.383 e. The molecule has 38 heavy (non-hydrogen) atoms. The normalized spacial score (nSPS) is 12.0. The fourth-order valence-corrected chi connectivity index (χ4v) is 5.10. The van der Waals surface area contributed by atoms with Gasteiger partial charge in [-0.2, -0.15) is 0 Å². The van der Waals surface area contributed by atoms with E-state index in [9.17, 15) is 4.21 Å². The van der Waals surface area contributed by atoms with E-state index in [-0.39, 0.29) is 0 Å². The summed E-state index contributed by atoms with van der Waals surface area (Å²) in [5.41, 5.74) is 12.2. The first-order valence-electron chi connectivity index (χ1n) is 12.0. The average molecular weight is 518 g/mol. The van der Waals surface area contributed by atoms with Crippen LogP contribution in [-0.4, -0.2) is 28.7 Å². The fourth-order valence-electron chi connectivity index (χ4n) is 4.23. The van der Waals surface area contributed by atoms with Crippen molar-refractivity contribution >= 4 is 28.0 Å². The van der Waals surface area contributed by atoms with Crippen LogP contribution in [0.4, 0.5) is 5.82 Å². The number of nitrogens with two attached hydrogens (primary N) is 1. The molecule has 0 spiro atoms. The second-order valence-corrected chi connectivity index (χ2v) is 9.88. The van der Waals surface area contributed by atoms with Gasteiger partial charge in [0, 0.05) is 48.1 Å². The molecule has 2 aromatic carbocycles. The first kappa shape index (κ1) is 23.7. The predicted octanol–water partition coefficient (Wildman–Crippen LogP) is 4.94. The third-order valence-electron chi connectivity index (χ3n) is 6.13. The van der Waals surface area contributed by atoms with E-state index in [0.29, 0.717) is 23.8 Å². The number of hydrogen-bond acceptors (Lipinski definition) is 6. The van der Waals surface area contributed by atoms with Gasteiger partial charge in [0.2, 0.25) is 0 Å². The zero-order valence-corrected chi connectivity index (χ0v) is 21.0. The molecule has 0 radical (unpaired) electrons. The van der Waals surface area contributed by atoms with E-state index in [1.165, 1.54) is 0 Å². The third kappa shape index (κ3) is 4.68. The van der Waals surface area contributed by atoms with Crippen LogP contribution in [0.15, 0.2) is 115 Å². The highest BCUT2D eigenvalue weighted by Gasteiger charge is 2.18. The van der Waals surface area contributed by atoms with E-state index in [0.717, 1.165) is 38.4 Å². The van der Waals surface area contributed by atoms with Gasteiger partial charge >= 0.3 is 0 Å². The Morgan fingerprint density at radius 2 is 1.66 bits per heavy atom. The molecule has 0 aliphatic carbocycles. The van der Waals surface area contributed by atoms with Crippen molar-refractivity contribution < 1.29 is 4.21 Å². The molecule has 0 saturated heterocycles. The molecule has 3 N–H and O–H groups in total. The highest BCUT2D eigenvalue weighted by Crippen LogP contribution is 2.32. The van der Waals surface area contributed by atoms with E-state index in [2.05, 4.69) is 14.7 Å². The molecular weight excluding hydrogens is 494 g/mol. The Hall–Kier alpha value is -4.73. The van der Waals surface area contributed by atoms with Crippen LogP contribution in [0.3, 0.4) is 0 Å². The summed E-state index contributed by atoms with van der Waals surface area (Å²) in [5, 5.41) is 0. The van der Waals surface area contributed by atoms with E-state index in [1.807, 2.05) is 95.7 Å². The maximum atomic E-state index is 12.5. The van der Waals surface area contributed by atoms with E-state index in [1.54, 1.807) is 18.6 Å². The second kappa shape index (κ2) is 10.3.